The minimum Gasteiger partial charge on any atom is -0.474 e. The monoisotopic (exact) mass is 197 g/mol. The largest absolute Gasteiger partial charge is 0.474 e. The van der Waals surface area contributed by atoms with Gasteiger partial charge in [0.05, 0.1) is 24.2 Å². The Hall–Kier alpha value is -1.49. The van der Waals surface area contributed by atoms with Gasteiger partial charge in [-0.1, -0.05) is 0 Å². The molecule has 1 aromatic heterocycles. The van der Waals surface area contributed by atoms with E-state index in [0.29, 0.717) is 37.1 Å². The van der Waals surface area contributed by atoms with Gasteiger partial charge in [-0.15, -0.1) is 0 Å². The van der Waals surface area contributed by atoms with Gasteiger partial charge in [-0.3, -0.25) is 0 Å². The molecule has 0 aliphatic rings. The van der Waals surface area contributed by atoms with E-state index in [-0.39, 0.29) is 0 Å². The van der Waals surface area contributed by atoms with Gasteiger partial charge in [0, 0.05) is 6.61 Å². The van der Waals surface area contributed by atoms with Crippen LogP contribution in [0.4, 0.5) is 11.4 Å². The van der Waals surface area contributed by atoms with Gasteiger partial charge in [0.1, 0.15) is 6.61 Å². The molecule has 5 heteroatoms. The van der Waals surface area contributed by atoms with Crippen LogP contribution in [0, 0.1) is 0 Å². The van der Waals surface area contributed by atoms with Crippen LogP contribution in [-0.2, 0) is 4.74 Å². The van der Waals surface area contributed by atoms with Crippen molar-refractivity contribution in [1.82, 2.24) is 4.98 Å². The van der Waals surface area contributed by atoms with E-state index < -0.39 is 0 Å². The van der Waals surface area contributed by atoms with Crippen LogP contribution in [0.5, 0.6) is 5.88 Å². The van der Waals surface area contributed by atoms with Crippen molar-refractivity contribution in [3.05, 3.63) is 12.3 Å². The summed E-state index contributed by atoms with van der Waals surface area (Å²) in [6.45, 7) is 3.57. The van der Waals surface area contributed by atoms with E-state index in [1.807, 2.05) is 6.92 Å². The van der Waals surface area contributed by atoms with E-state index in [4.69, 9.17) is 20.9 Å². The van der Waals surface area contributed by atoms with E-state index in [2.05, 4.69) is 4.98 Å². The molecule has 0 amide bonds. The summed E-state index contributed by atoms with van der Waals surface area (Å²) in [5, 5.41) is 0. The molecular formula is C9H15N3O2. The van der Waals surface area contributed by atoms with Gasteiger partial charge in [0.2, 0.25) is 5.88 Å². The highest BCUT2D eigenvalue weighted by Crippen LogP contribution is 2.19. The third kappa shape index (κ3) is 3.10. The summed E-state index contributed by atoms with van der Waals surface area (Å²) in [6, 6.07) is 1.61. The lowest BCUT2D eigenvalue weighted by Crippen LogP contribution is -2.08. The second-order valence-electron chi connectivity index (χ2n) is 2.71. The van der Waals surface area contributed by atoms with E-state index in [0.717, 1.165) is 0 Å². The predicted molar refractivity (Wildman–Crippen MR) is 55.0 cm³/mol. The normalized spacial score (nSPS) is 10.1. The van der Waals surface area contributed by atoms with Gasteiger partial charge in [0.15, 0.2) is 0 Å². The standard InChI is InChI=1S/C9H15N3O2/c1-2-13-3-4-14-9-8(11)5-7(10)6-12-9/h5-6H,2-4,10-11H2,1H3. The predicted octanol–water partition coefficient (Wildman–Crippen LogP) is 0.661. The first kappa shape index (κ1) is 10.6. The average Bonchev–Trinajstić information content (AvgIpc) is 2.15. The van der Waals surface area contributed by atoms with Crippen molar-refractivity contribution in [2.45, 2.75) is 6.92 Å². The van der Waals surface area contributed by atoms with E-state index in [9.17, 15) is 0 Å². The molecular weight excluding hydrogens is 182 g/mol. The Morgan fingerprint density at radius 2 is 2.14 bits per heavy atom. The van der Waals surface area contributed by atoms with Crippen molar-refractivity contribution < 1.29 is 9.47 Å². The number of hydrogen-bond acceptors (Lipinski definition) is 5. The Kier molecular flexibility index (Phi) is 4.00. The number of anilines is 2. The van der Waals surface area contributed by atoms with E-state index in [1.165, 1.54) is 6.20 Å². The summed E-state index contributed by atoms with van der Waals surface area (Å²) >= 11 is 0. The van der Waals surface area contributed by atoms with Gasteiger partial charge >= 0.3 is 0 Å². The van der Waals surface area contributed by atoms with Crippen LogP contribution < -0.4 is 16.2 Å². The first-order valence-electron chi connectivity index (χ1n) is 4.45. The molecule has 0 saturated heterocycles. The number of nitrogens with two attached hydrogens (primary N) is 2. The lowest BCUT2D eigenvalue weighted by atomic mass is 10.4. The van der Waals surface area contributed by atoms with Crippen molar-refractivity contribution in [2.75, 3.05) is 31.3 Å². The average molecular weight is 197 g/mol. The topological polar surface area (TPSA) is 83.4 Å². The fraction of sp³-hybridized carbons (Fsp3) is 0.444. The van der Waals surface area contributed by atoms with Gasteiger partial charge in [-0.25, -0.2) is 4.98 Å². The van der Waals surface area contributed by atoms with E-state index in [1.54, 1.807) is 6.07 Å². The lowest BCUT2D eigenvalue weighted by Gasteiger charge is -2.07. The SMILES string of the molecule is CCOCCOc1ncc(N)cc1N. The number of hydrogen-bond donors (Lipinski definition) is 2. The molecule has 0 bridgehead atoms. The number of pyridine rings is 1. The lowest BCUT2D eigenvalue weighted by molar-refractivity contribution is 0.109. The van der Waals surface area contributed by atoms with Crippen LogP contribution in [-0.4, -0.2) is 24.8 Å². The van der Waals surface area contributed by atoms with Crippen LogP contribution in [0.1, 0.15) is 6.92 Å². The molecule has 0 aliphatic carbocycles. The van der Waals surface area contributed by atoms with Crippen LogP contribution in [0.2, 0.25) is 0 Å². The summed E-state index contributed by atoms with van der Waals surface area (Å²) in [6.07, 6.45) is 1.51. The summed E-state index contributed by atoms with van der Waals surface area (Å²) in [5.41, 5.74) is 12.1. The Labute approximate surface area is 83.0 Å². The van der Waals surface area contributed by atoms with E-state index >= 15 is 0 Å². The number of ether oxygens (including phenoxy) is 2. The van der Waals surface area contributed by atoms with Crippen LogP contribution in [0.25, 0.3) is 0 Å². The summed E-state index contributed by atoms with van der Waals surface area (Å²) in [5.74, 6) is 0.402. The molecule has 14 heavy (non-hydrogen) atoms. The summed E-state index contributed by atoms with van der Waals surface area (Å²) in [4.78, 5) is 3.95. The molecule has 0 radical (unpaired) electrons. The van der Waals surface area contributed by atoms with Crippen molar-refractivity contribution >= 4 is 11.4 Å². The molecule has 0 aliphatic heterocycles. The molecule has 0 aromatic carbocycles. The third-order valence-corrected chi connectivity index (χ3v) is 1.57. The molecule has 1 aromatic rings. The minimum absolute atomic E-state index is 0.402. The van der Waals surface area contributed by atoms with Gasteiger partial charge in [0.25, 0.3) is 0 Å². The quantitative estimate of drug-likeness (QED) is 0.677. The number of aromatic nitrogens is 1. The summed E-state index contributed by atoms with van der Waals surface area (Å²) in [7, 11) is 0. The highest BCUT2D eigenvalue weighted by atomic mass is 16.5. The number of rotatable bonds is 5. The second kappa shape index (κ2) is 5.29. The molecule has 4 N–H and O–H groups in total. The molecule has 0 saturated carbocycles. The first-order valence-corrected chi connectivity index (χ1v) is 4.45. The van der Waals surface area contributed by atoms with Gasteiger partial charge in [-0.05, 0) is 13.0 Å². The maximum atomic E-state index is 5.63. The maximum Gasteiger partial charge on any atom is 0.237 e. The summed E-state index contributed by atoms with van der Waals surface area (Å²) < 4.78 is 10.4. The Balaban J connectivity index is 2.42. The zero-order valence-electron chi connectivity index (χ0n) is 8.19. The molecule has 0 unspecified atom stereocenters. The van der Waals surface area contributed by atoms with Crippen LogP contribution >= 0.6 is 0 Å². The molecule has 5 nitrogen and oxygen atoms in total. The van der Waals surface area contributed by atoms with Crippen molar-refractivity contribution in [3.8, 4) is 5.88 Å². The minimum atomic E-state index is 0.402. The van der Waals surface area contributed by atoms with Crippen molar-refractivity contribution in [2.24, 2.45) is 0 Å². The van der Waals surface area contributed by atoms with Gasteiger partial charge < -0.3 is 20.9 Å². The number of nitrogen functional groups attached to an aromatic ring is 2. The fourth-order valence-corrected chi connectivity index (χ4v) is 0.948. The zero-order valence-corrected chi connectivity index (χ0v) is 8.19. The van der Waals surface area contributed by atoms with Crippen molar-refractivity contribution in [1.29, 1.82) is 0 Å². The molecule has 1 rings (SSSR count). The number of nitrogens with zero attached hydrogens (tertiary/aromatic N) is 1. The molecule has 1 heterocycles. The molecule has 78 valence electrons. The smallest absolute Gasteiger partial charge is 0.237 e. The third-order valence-electron chi connectivity index (χ3n) is 1.57. The van der Waals surface area contributed by atoms with Crippen molar-refractivity contribution in [3.63, 3.8) is 0 Å². The Morgan fingerprint density at radius 3 is 2.79 bits per heavy atom. The second-order valence-corrected chi connectivity index (χ2v) is 2.71. The Bertz CT molecular complexity index is 291. The fourth-order valence-electron chi connectivity index (χ4n) is 0.948. The first-order chi connectivity index (χ1) is 6.74. The molecule has 0 atom stereocenters. The van der Waals surface area contributed by atoms with Gasteiger partial charge in [-0.2, -0.15) is 0 Å². The maximum absolute atomic E-state index is 5.63. The van der Waals surface area contributed by atoms with Crippen LogP contribution in [0.3, 0.4) is 0 Å². The van der Waals surface area contributed by atoms with Crippen LogP contribution in [0.15, 0.2) is 12.3 Å². The highest BCUT2D eigenvalue weighted by Gasteiger charge is 2.01. The zero-order chi connectivity index (χ0) is 10.4. The highest BCUT2D eigenvalue weighted by molar-refractivity contribution is 5.55. The Morgan fingerprint density at radius 1 is 1.36 bits per heavy atom. The molecule has 0 spiro atoms. The molecule has 0 fully saturated rings.